The molecule has 2 amide bonds. The van der Waals surface area contributed by atoms with Crippen molar-refractivity contribution in [2.24, 2.45) is 11.8 Å². The molecule has 0 radical (unpaired) electrons. The number of piperidine rings is 1. The van der Waals surface area contributed by atoms with Gasteiger partial charge in [-0.15, -0.1) is 0 Å². The highest BCUT2D eigenvalue weighted by atomic mass is 32.2. The molecule has 1 aliphatic rings. The van der Waals surface area contributed by atoms with E-state index in [-0.39, 0.29) is 35.2 Å². The molecule has 1 heterocycles. The Morgan fingerprint density at radius 1 is 1.03 bits per heavy atom. The van der Waals surface area contributed by atoms with E-state index in [0.29, 0.717) is 31.1 Å². The first kappa shape index (κ1) is 24.7. The van der Waals surface area contributed by atoms with E-state index in [1.54, 1.807) is 43.0 Å². The Bertz CT molecular complexity index is 1030. The van der Waals surface area contributed by atoms with Crippen LogP contribution >= 0.6 is 0 Å². The van der Waals surface area contributed by atoms with Crippen LogP contribution in [0.2, 0.25) is 0 Å². The highest BCUT2D eigenvalue weighted by Gasteiger charge is 2.24. The van der Waals surface area contributed by atoms with Gasteiger partial charge in [0.1, 0.15) is 5.75 Å². The van der Waals surface area contributed by atoms with Gasteiger partial charge in [0.25, 0.3) is 5.91 Å². The summed E-state index contributed by atoms with van der Waals surface area (Å²) in [7, 11) is -3.65. The highest BCUT2D eigenvalue weighted by molar-refractivity contribution is 7.89. The van der Waals surface area contributed by atoms with Crippen molar-refractivity contribution in [1.82, 2.24) is 9.62 Å². The van der Waals surface area contributed by atoms with Gasteiger partial charge in [0.15, 0.2) is 6.61 Å². The van der Waals surface area contributed by atoms with Crippen LogP contribution in [0.1, 0.15) is 26.7 Å². The van der Waals surface area contributed by atoms with Gasteiger partial charge in [-0.3, -0.25) is 9.59 Å². The summed E-state index contributed by atoms with van der Waals surface area (Å²) in [4.78, 5) is 26.1. The van der Waals surface area contributed by atoms with E-state index in [9.17, 15) is 18.0 Å². The van der Waals surface area contributed by atoms with Crippen molar-refractivity contribution in [3.8, 4) is 5.75 Å². The molecule has 0 spiro atoms. The zero-order valence-electron chi connectivity index (χ0n) is 19.0. The van der Waals surface area contributed by atoms with Crippen LogP contribution in [0, 0.1) is 11.8 Å². The molecule has 2 N–H and O–H groups in total. The van der Waals surface area contributed by atoms with Crippen molar-refractivity contribution in [1.29, 1.82) is 0 Å². The van der Waals surface area contributed by atoms with Gasteiger partial charge < -0.3 is 15.0 Å². The molecule has 178 valence electrons. The smallest absolute Gasteiger partial charge is 0.260 e. The van der Waals surface area contributed by atoms with Crippen molar-refractivity contribution in [2.75, 3.05) is 31.6 Å². The summed E-state index contributed by atoms with van der Waals surface area (Å²) in [5.74, 6) is 0.463. The molecule has 3 rings (SSSR count). The molecule has 0 atom stereocenters. The van der Waals surface area contributed by atoms with Crippen LogP contribution in [0.5, 0.6) is 5.75 Å². The minimum atomic E-state index is -3.65. The molecule has 2 aromatic rings. The minimum Gasteiger partial charge on any atom is -0.484 e. The lowest BCUT2D eigenvalue weighted by Crippen LogP contribution is -2.43. The third-order valence-corrected chi connectivity index (χ3v) is 7.03. The van der Waals surface area contributed by atoms with Gasteiger partial charge in [0.2, 0.25) is 15.9 Å². The molecular weight excluding hydrogens is 442 g/mol. The van der Waals surface area contributed by atoms with Gasteiger partial charge in [0, 0.05) is 31.2 Å². The van der Waals surface area contributed by atoms with Gasteiger partial charge in [-0.05, 0) is 55.2 Å². The molecule has 1 saturated heterocycles. The van der Waals surface area contributed by atoms with E-state index in [2.05, 4.69) is 10.0 Å². The number of carbonyl (C=O) groups excluding carboxylic acids is 2. The van der Waals surface area contributed by atoms with Crippen molar-refractivity contribution >= 4 is 27.5 Å². The van der Waals surface area contributed by atoms with Gasteiger partial charge in [0.05, 0.1) is 4.90 Å². The number of rotatable bonds is 9. The van der Waals surface area contributed by atoms with Crippen LogP contribution < -0.4 is 14.8 Å². The summed E-state index contributed by atoms with van der Waals surface area (Å²) in [6, 6.07) is 15.3. The second-order valence-electron chi connectivity index (χ2n) is 8.45. The first-order valence-electron chi connectivity index (χ1n) is 11.1. The Labute approximate surface area is 195 Å². The van der Waals surface area contributed by atoms with E-state index in [1.165, 1.54) is 12.1 Å². The normalized spacial score (nSPS) is 14.8. The van der Waals surface area contributed by atoms with Crippen LogP contribution in [0.3, 0.4) is 0 Å². The largest absolute Gasteiger partial charge is 0.484 e. The van der Waals surface area contributed by atoms with Crippen LogP contribution in [-0.2, 0) is 19.6 Å². The Kier molecular flexibility index (Phi) is 8.46. The Hall–Kier alpha value is -2.91. The molecule has 1 aliphatic heterocycles. The molecule has 0 saturated carbocycles. The Morgan fingerprint density at radius 2 is 1.67 bits per heavy atom. The predicted octanol–water partition coefficient (Wildman–Crippen LogP) is 2.88. The number of hydrogen-bond donors (Lipinski definition) is 2. The maximum atomic E-state index is 12.6. The summed E-state index contributed by atoms with van der Waals surface area (Å²) in [6.07, 6.45) is 1.44. The number of likely N-dealkylation sites (tertiary alicyclic amines) is 1. The number of anilines is 1. The number of ether oxygens (including phenoxy) is 1. The molecular formula is C24H31N3O5S. The lowest BCUT2D eigenvalue weighted by molar-refractivity contribution is -0.134. The average Bonchev–Trinajstić information content (AvgIpc) is 2.82. The molecule has 33 heavy (non-hydrogen) atoms. The van der Waals surface area contributed by atoms with Crippen molar-refractivity contribution < 1.29 is 22.7 Å². The molecule has 8 nitrogen and oxygen atoms in total. The van der Waals surface area contributed by atoms with Gasteiger partial charge in [-0.1, -0.05) is 32.0 Å². The molecule has 2 aromatic carbocycles. The third-order valence-electron chi connectivity index (χ3n) is 5.59. The minimum absolute atomic E-state index is 0.00503. The number of amides is 2. The monoisotopic (exact) mass is 473 g/mol. The van der Waals surface area contributed by atoms with E-state index in [4.69, 9.17) is 4.74 Å². The van der Waals surface area contributed by atoms with E-state index >= 15 is 0 Å². The molecule has 0 bridgehead atoms. The lowest BCUT2D eigenvalue weighted by Gasteiger charge is -2.32. The van der Waals surface area contributed by atoms with Crippen molar-refractivity contribution in [3.05, 3.63) is 54.6 Å². The van der Waals surface area contributed by atoms with Gasteiger partial charge in [-0.2, -0.15) is 0 Å². The van der Waals surface area contributed by atoms with Crippen LogP contribution in [0.15, 0.2) is 59.5 Å². The fourth-order valence-corrected chi connectivity index (χ4v) is 4.57. The van der Waals surface area contributed by atoms with Crippen LogP contribution in [-0.4, -0.2) is 51.4 Å². The summed E-state index contributed by atoms with van der Waals surface area (Å²) in [5, 5.41) is 2.74. The standard InChI is InChI=1S/C24H31N3O5S/c1-18(2)24(29)26-20-8-10-22(11-9-20)33(30,31)25-16-19-12-14-27(15-13-19)23(28)17-32-21-6-4-3-5-7-21/h3-11,18-19,25H,12-17H2,1-2H3,(H,26,29). The fraction of sp³-hybridized carbons (Fsp3) is 0.417. The zero-order valence-corrected chi connectivity index (χ0v) is 19.8. The number of carbonyl (C=O) groups is 2. The molecule has 9 heteroatoms. The first-order chi connectivity index (χ1) is 15.7. The van der Waals surface area contributed by atoms with E-state index in [0.717, 1.165) is 12.8 Å². The van der Waals surface area contributed by atoms with E-state index < -0.39 is 10.0 Å². The van der Waals surface area contributed by atoms with Gasteiger partial charge >= 0.3 is 0 Å². The number of sulfonamides is 1. The van der Waals surface area contributed by atoms with Crippen LogP contribution in [0.25, 0.3) is 0 Å². The topological polar surface area (TPSA) is 105 Å². The number of benzene rings is 2. The number of nitrogens with zero attached hydrogens (tertiary/aromatic N) is 1. The van der Waals surface area contributed by atoms with Gasteiger partial charge in [-0.25, -0.2) is 13.1 Å². The predicted molar refractivity (Wildman–Crippen MR) is 126 cm³/mol. The second-order valence-corrected chi connectivity index (χ2v) is 10.2. The number of nitrogens with one attached hydrogen (secondary N) is 2. The third kappa shape index (κ3) is 7.30. The maximum absolute atomic E-state index is 12.6. The summed E-state index contributed by atoms with van der Waals surface area (Å²) in [6.45, 7) is 5.04. The van der Waals surface area contributed by atoms with Crippen molar-refractivity contribution in [3.63, 3.8) is 0 Å². The maximum Gasteiger partial charge on any atom is 0.260 e. The molecule has 1 fully saturated rings. The SMILES string of the molecule is CC(C)C(=O)Nc1ccc(S(=O)(=O)NCC2CCN(C(=O)COc3ccccc3)CC2)cc1. The van der Waals surface area contributed by atoms with Crippen molar-refractivity contribution in [2.45, 2.75) is 31.6 Å². The summed E-state index contributed by atoms with van der Waals surface area (Å²) in [5.41, 5.74) is 0.556. The molecule has 0 unspecified atom stereocenters. The lowest BCUT2D eigenvalue weighted by atomic mass is 9.97. The molecule has 0 aromatic heterocycles. The quantitative estimate of drug-likeness (QED) is 0.583. The highest BCUT2D eigenvalue weighted by Crippen LogP contribution is 2.19. The first-order valence-corrected chi connectivity index (χ1v) is 12.6. The molecule has 0 aliphatic carbocycles. The average molecular weight is 474 g/mol. The summed E-state index contributed by atoms with van der Waals surface area (Å²) >= 11 is 0. The van der Waals surface area contributed by atoms with E-state index in [1.807, 2.05) is 18.2 Å². The fourth-order valence-electron chi connectivity index (χ4n) is 3.45. The van der Waals surface area contributed by atoms with Crippen LogP contribution in [0.4, 0.5) is 5.69 Å². The number of para-hydroxylation sites is 1. The zero-order chi connectivity index (χ0) is 23.8. The Balaban J connectivity index is 1.43. The number of hydrogen-bond acceptors (Lipinski definition) is 5. The summed E-state index contributed by atoms with van der Waals surface area (Å²) < 4.78 is 33.5. The Morgan fingerprint density at radius 3 is 2.27 bits per heavy atom. The second kappa shape index (κ2) is 11.3.